The van der Waals surface area contributed by atoms with Crippen LogP contribution < -0.4 is 0 Å². The molecule has 1 spiro atoms. The second kappa shape index (κ2) is 20.6. The number of rotatable bonds is 3. The second-order valence-corrected chi connectivity index (χ2v) is 17.9. The Morgan fingerprint density at radius 2 is 1.47 bits per heavy atom. The molecule has 0 aliphatic carbocycles. The van der Waals surface area contributed by atoms with Crippen LogP contribution in [0.25, 0.3) is 0 Å². The van der Waals surface area contributed by atoms with Crippen molar-refractivity contribution in [2.45, 2.75) is 169 Å². The van der Waals surface area contributed by atoms with Gasteiger partial charge in [0.1, 0.15) is 17.5 Å². The van der Waals surface area contributed by atoms with E-state index >= 15 is 0 Å². The van der Waals surface area contributed by atoms with Crippen LogP contribution in [0.5, 0.6) is 0 Å². The van der Waals surface area contributed by atoms with E-state index in [0.29, 0.717) is 25.7 Å². The Hall–Kier alpha value is -2.58. The number of Topliss-reactive ketones (excluding diaryl/α,β-unsaturated/α-hetero) is 3. The summed E-state index contributed by atoms with van der Waals surface area (Å²) in [5.74, 6) is -9.55. The zero-order chi connectivity index (χ0) is 43.2. The monoisotopic (exact) mass is 805 g/mol. The van der Waals surface area contributed by atoms with Gasteiger partial charge in [-0.1, -0.05) is 92.7 Å². The number of esters is 1. The number of hydrogen-bond acceptors (Lipinski definition) is 12. The molecule has 2 fully saturated rings. The molecule has 0 unspecified atom stereocenters. The summed E-state index contributed by atoms with van der Waals surface area (Å²) in [5.41, 5.74) is -2.21. The maximum atomic E-state index is 14.0. The zero-order valence-electron chi connectivity index (χ0n) is 36.0. The van der Waals surface area contributed by atoms with Crippen LogP contribution >= 0.6 is 0 Å². The van der Waals surface area contributed by atoms with Crippen molar-refractivity contribution in [2.75, 3.05) is 0 Å². The van der Waals surface area contributed by atoms with E-state index in [1.807, 2.05) is 32.1 Å². The number of fused-ring (bicyclic) bond motifs is 2. The normalized spacial score (nSPS) is 46.2. The molecule has 0 aromatic heterocycles. The summed E-state index contributed by atoms with van der Waals surface area (Å²) in [7, 11) is 0. The van der Waals surface area contributed by atoms with Gasteiger partial charge in [0.15, 0.2) is 11.6 Å². The quantitative estimate of drug-likeness (QED) is 0.238. The molecule has 0 aromatic carbocycles. The summed E-state index contributed by atoms with van der Waals surface area (Å²) in [6.45, 7) is 18.3. The van der Waals surface area contributed by atoms with Crippen molar-refractivity contribution in [2.24, 2.45) is 53.3 Å². The highest BCUT2D eigenvalue weighted by Crippen LogP contribution is 2.47. The van der Waals surface area contributed by atoms with E-state index in [2.05, 4.69) is 13.0 Å². The number of ketones is 3. The van der Waals surface area contributed by atoms with Crippen molar-refractivity contribution in [3.05, 3.63) is 36.5 Å². The Bertz CT molecular complexity index is 1470. The van der Waals surface area contributed by atoms with Crippen LogP contribution in [0.3, 0.4) is 0 Å². The molecule has 12 nitrogen and oxygen atoms in total. The summed E-state index contributed by atoms with van der Waals surface area (Å²) < 4.78 is 19.4. The van der Waals surface area contributed by atoms with Crippen LogP contribution in [0, 0.1) is 53.3 Å². The van der Waals surface area contributed by atoms with E-state index in [1.54, 1.807) is 27.7 Å². The standard InChI is InChI=1S/C45H72O12/c1-12-33-17-15-13-14-16-25(3)42(52)44(11,54)43(53)31(9)40(51)30(8)39(50)29(7)38(49)24(2)18-21-37(48)55-41-28(6)34(20-19-33)56-45(32(41)10)36(47)22-26(4)35(57-45)23-27(5)46/h13-15,17-18,21,24-35,38,40-42,46,49,51-52,54H,12,16,19-20,22-23H2,1-11H3/b14-13-,17-15-,21-18-/t24-,25+,26-,27+,28+,29-,30-,31-,32-,33-,34-,35-,38+,40+,41+,42-,44+,45+/m1/s1. The fourth-order valence-corrected chi connectivity index (χ4v) is 8.91. The minimum absolute atomic E-state index is 0.132. The van der Waals surface area contributed by atoms with Gasteiger partial charge in [0.05, 0.1) is 42.5 Å². The van der Waals surface area contributed by atoms with Gasteiger partial charge in [-0.05, 0) is 63.7 Å². The van der Waals surface area contributed by atoms with Crippen LogP contribution in [-0.2, 0) is 33.4 Å². The number of allylic oxidation sites excluding steroid dienone is 4. The van der Waals surface area contributed by atoms with E-state index < -0.39 is 107 Å². The van der Waals surface area contributed by atoms with Crippen molar-refractivity contribution < 1.29 is 58.9 Å². The van der Waals surface area contributed by atoms with Crippen LogP contribution in [0.4, 0.5) is 0 Å². The Kier molecular flexibility index (Phi) is 17.6. The van der Waals surface area contributed by atoms with Crippen molar-refractivity contribution >= 4 is 23.3 Å². The molecule has 18 atom stereocenters. The number of carbonyl (C=O) groups excluding carboxylic acids is 4. The largest absolute Gasteiger partial charge is 0.458 e. The average molecular weight is 805 g/mol. The zero-order valence-corrected chi connectivity index (χ0v) is 36.0. The molecule has 3 heterocycles. The lowest BCUT2D eigenvalue weighted by Gasteiger charge is -2.54. The number of carbonyl (C=O) groups is 4. The van der Waals surface area contributed by atoms with E-state index in [-0.39, 0.29) is 30.0 Å². The molecule has 2 bridgehead atoms. The topological polar surface area (TPSA) is 197 Å². The van der Waals surface area contributed by atoms with Gasteiger partial charge in [0.2, 0.25) is 5.79 Å². The van der Waals surface area contributed by atoms with Gasteiger partial charge in [0.25, 0.3) is 0 Å². The molecule has 12 heteroatoms. The molecule has 0 amide bonds. The fourth-order valence-electron chi connectivity index (χ4n) is 8.91. The molecule has 3 aliphatic rings. The fraction of sp³-hybridized carbons (Fsp3) is 0.778. The maximum absolute atomic E-state index is 14.0. The first-order valence-corrected chi connectivity index (χ1v) is 21.1. The van der Waals surface area contributed by atoms with E-state index in [0.717, 1.165) is 6.42 Å². The molecule has 2 saturated heterocycles. The molecule has 0 aromatic rings. The maximum Gasteiger partial charge on any atom is 0.330 e. The SMILES string of the molecule is CC[C@@H]1/C=C\C=C/C[C@H](C)[C@@H](O)[C@](C)(O)C(=O)[C@H](C)[C@@H](O)[C@H](C)C(=O)[C@H](C)[C@@H](O)[C@H](C)/C=C\C(=O)O[C@H]2[C@@H](C)[C@@H](CC1)O[C@]1(O[C@H](C[C@H](C)O)[C@H](C)CC1=O)[C@@H]2C. The summed E-state index contributed by atoms with van der Waals surface area (Å²) in [6, 6.07) is 0. The summed E-state index contributed by atoms with van der Waals surface area (Å²) >= 11 is 0. The number of ether oxygens (including phenoxy) is 3. The van der Waals surface area contributed by atoms with Gasteiger partial charge in [-0.15, -0.1) is 0 Å². The highest BCUT2D eigenvalue weighted by Gasteiger charge is 2.61. The number of aliphatic hydroxyl groups is 5. The van der Waals surface area contributed by atoms with Gasteiger partial charge >= 0.3 is 5.97 Å². The average Bonchev–Trinajstić information content (AvgIpc) is 3.16. The Balaban J connectivity index is 2.02. The predicted molar refractivity (Wildman–Crippen MR) is 215 cm³/mol. The van der Waals surface area contributed by atoms with Gasteiger partial charge < -0.3 is 39.7 Å². The molecule has 3 rings (SSSR count). The van der Waals surface area contributed by atoms with E-state index in [1.165, 1.54) is 39.8 Å². The lowest BCUT2D eigenvalue weighted by Crippen LogP contribution is -2.66. The molecule has 57 heavy (non-hydrogen) atoms. The van der Waals surface area contributed by atoms with Gasteiger partial charge in [-0.25, -0.2) is 4.79 Å². The van der Waals surface area contributed by atoms with Crippen molar-refractivity contribution in [3.63, 3.8) is 0 Å². The first-order chi connectivity index (χ1) is 26.5. The molecule has 5 N–H and O–H groups in total. The highest BCUT2D eigenvalue weighted by molar-refractivity contribution is 5.91. The smallest absolute Gasteiger partial charge is 0.330 e. The predicted octanol–water partition coefficient (Wildman–Crippen LogP) is 5.06. The molecule has 0 saturated carbocycles. The molecular weight excluding hydrogens is 732 g/mol. The lowest BCUT2D eigenvalue weighted by molar-refractivity contribution is -0.344. The van der Waals surface area contributed by atoms with Gasteiger partial charge in [-0.2, -0.15) is 0 Å². The van der Waals surface area contributed by atoms with E-state index in [4.69, 9.17) is 14.2 Å². The van der Waals surface area contributed by atoms with Crippen LogP contribution in [0.15, 0.2) is 36.5 Å². The minimum atomic E-state index is -2.21. The Morgan fingerprint density at radius 1 is 0.842 bits per heavy atom. The van der Waals surface area contributed by atoms with Crippen LogP contribution in [-0.4, -0.2) is 103 Å². The molecule has 3 aliphatic heterocycles. The first-order valence-electron chi connectivity index (χ1n) is 21.1. The second-order valence-electron chi connectivity index (χ2n) is 17.9. The Morgan fingerprint density at radius 3 is 2.09 bits per heavy atom. The molecule has 0 radical (unpaired) electrons. The highest BCUT2D eigenvalue weighted by atomic mass is 16.7. The van der Waals surface area contributed by atoms with Crippen molar-refractivity contribution in [1.82, 2.24) is 0 Å². The first kappa shape index (κ1) is 48.8. The summed E-state index contributed by atoms with van der Waals surface area (Å²) in [6.07, 6.45) is 6.53. The van der Waals surface area contributed by atoms with Crippen molar-refractivity contribution in [1.29, 1.82) is 0 Å². The lowest BCUT2D eigenvalue weighted by atomic mass is 9.74. The van der Waals surface area contributed by atoms with Gasteiger partial charge in [-0.3, -0.25) is 14.4 Å². The summed E-state index contributed by atoms with van der Waals surface area (Å²) in [4.78, 5) is 54.5. The third-order valence-corrected chi connectivity index (χ3v) is 13.2. The summed E-state index contributed by atoms with van der Waals surface area (Å²) in [5, 5.41) is 55.0. The third kappa shape index (κ3) is 11.4. The minimum Gasteiger partial charge on any atom is -0.458 e. The molecular formula is C45H72O12. The van der Waals surface area contributed by atoms with Crippen LogP contribution in [0.1, 0.15) is 115 Å². The number of hydrogen-bond donors (Lipinski definition) is 5. The number of aliphatic hydroxyl groups excluding tert-OH is 4. The van der Waals surface area contributed by atoms with Crippen LogP contribution in [0.2, 0.25) is 0 Å². The van der Waals surface area contributed by atoms with E-state index in [9.17, 15) is 44.7 Å². The molecule has 324 valence electrons. The van der Waals surface area contributed by atoms with Crippen molar-refractivity contribution in [3.8, 4) is 0 Å². The third-order valence-electron chi connectivity index (χ3n) is 13.2. The van der Waals surface area contributed by atoms with Gasteiger partial charge in [0, 0.05) is 42.1 Å². The Labute approximate surface area is 340 Å².